The van der Waals surface area contributed by atoms with E-state index in [-0.39, 0.29) is 17.1 Å². The third kappa shape index (κ3) is 3.73. The van der Waals surface area contributed by atoms with E-state index in [0.29, 0.717) is 22.8 Å². The molecule has 0 aliphatic heterocycles. The van der Waals surface area contributed by atoms with Crippen LogP contribution in [0.5, 0.6) is 17.2 Å². The number of anilines is 1. The van der Waals surface area contributed by atoms with Crippen LogP contribution in [-0.2, 0) is 0 Å². The number of rotatable bonds is 6. The fraction of sp³-hybridized carbons (Fsp3) is 0.158. The summed E-state index contributed by atoms with van der Waals surface area (Å²) in [6.45, 7) is 0. The molecule has 7 nitrogen and oxygen atoms in total. The van der Waals surface area contributed by atoms with Gasteiger partial charge in [-0.2, -0.15) is 0 Å². The van der Waals surface area contributed by atoms with E-state index >= 15 is 0 Å². The van der Waals surface area contributed by atoms with Crippen molar-refractivity contribution in [2.45, 2.75) is 0 Å². The van der Waals surface area contributed by atoms with Crippen LogP contribution >= 0.6 is 0 Å². The van der Waals surface area contributed by atoms with Gasteiger partial charge < -0.3 is 18.7 Å². The van der Waals surface area contributed by atoms with Crippen molar-refractivity contribution in [1.29, 1.82) is 0 Å². The standard InChI is InChI=1S/C19H16F2N2O5/c1-25-15-7-11(8-16(26-2)18(15)27-3)19(24)22-17-9-14(23-28-17)10-4-5-12(20)13(21)6-10/h4-9H,1-3H3,(H,22,24). The summed E-state index contributed by atoms with van der Waals surface area (Å²) in [6, 6.07) is 7.65. The molecule has 0 aliphatic rings. The minimum atomic E-state index is -1.01. The van der Waals surface area contributed by atoms with Crippen molar-refractivity contribution in [3.05, 3.63) is 53.6 Å². The van der Waals surface area contributed by atoms with Gasteiger partial charge in [0.05, 0.1) is 21.3 Å². The molecule has 0 spiro atoms. The molecule has 28 heavy (non-hydrogen) atoms. The van der Waals surface area contributed by atoms with E-state index in [9.17, 15) is 13.6 Å². The van der Waals surface area contributed by atoms with Crippen molar-refractivity contribution < 1.29 is 32.3 Å². The molecule has 0 saturated heterocycles. The van der Waals surface area contributed by atoms with Crippen molar-refractivity contribution in [3.63, 3.8) is 0 Å². The second-order valence-corrected chi connectivity index (χ2v) is 5.57. The lowest BCUT2D eigenvalue weighted by Crippen LogP contribution is -2.12. The monoisotopic (exact) mass is 390 g/mol. The molecule has 0 fully saturated rings. The zero-order valence-electron chi connectivity index (χ0n) is 15.2. The van der Waals surface area contributed by atoms with E-state index in [2.05, 4.69) is 10.5 Å². The number of benzene rings is 2. The van der Waals surface area contributed by atoms with Crippen molar-refractivity contribution in [1.82, 2.24) is 5.16 Å². The zero-order valence-corrected chi connectivity index (χ0v) is 15.2. The van der Waals surface area contributed by atoms with Gasteiger partial charge in [-0.15, -0.1) is 0 Å². The van der Waals surface area contributed by atoms with E-state index in [1.165, 1.54) is 45.6 Å². The summed E-state index contributed by atoms with van der Waals surface area (Å²) < 4.78 is 47.1. The topological polar surface area (TPSA) is 82.8 Å². The first-order valence-electron chi connectivity index (χ1n) is 8.00. The highest BCUT2D eigenvalue weighted by molar-refractivity contribution is 6.04. The third-order valence-corrected chi connectivity index (χ3v) is 3.89. The lowest BCUT2D eigenvalue weighted by Gasteiger charge is -2.13. The van der Waals surface area contributed by atoms with Gasteiger partial charge >= 0.3 is 0 Å². The lowest BCUT2D eigenvalue weighted by molar-refractivity contribution is 0.102. The van der Waals surface area contributed by atoms with Gasteiger partial charge in [-0.25, -0.2) is 8.78 Å². The quantitative estimate of drug-likeness (QED) is 0.687. The summed E-state index contributed by atoms with van der Waals surface area (Å²) >= 11 is 0. The van der Waals surface area contributed by atoms with Gasteiger partial charge in [0, 0.05) is 17.2 Å². The average molecular weight is 390 g/mol. The second kappa shape index (κ2) is 7.95. The zero-order chi connectivity index (χ0) is 20.3. The number of methoxy groups -OCH3 is 3. The average Bonchev–Trinajstić information content (AvgIpc) is 3.17. The molecule has 1 heterocycles. The molecule has 0 radical (unpaired) electrons. The van der Waals surface area contributed by atoms with Crippen LogP contribution in [0.4, 0.5) is 14.7 Å². The Labute approximate surface area is 158 Å². The number of carbonyl (C=O) groups excluding carboxylic acids is 1. The number of carbonyl (C=O) groups is 1. The summed E-state index contributed by atoms with van der Waals surface area (Å²) in [5.74, 6) is -1.50. The minimum Gasteiger partial charge on any atom is -0.493 e. The first-order valence-corrected chi connectivity index (χ1v) is 8.00. The summed E-state index contributed by atoms with van der Waals surface area (Å²) in [5.41, 5.74) is 0.760. The highest BCUT2D eigenvalue weighted by Crippen LogP contribution is 2.38. The summed E-state index contributed by atoms with van der Waals surface area (Å²) in [4.78, 5) is 12.5. The second-order valence-electron chi connectivity index (χ2n) is 5.57. The summed E-state index contributed by atoms with van der Waals surface area (Å²) in [5, 5.41) is 6.28. The number of aromatic nitrogens is 1. The number of hydrogen-bond donors (Lipinski definition) is 1. The maximum Gasteiger partial charge on any atom is 0.258 e. The SMILES string of the molecule is COc1cc(C(=O)Nc2cc(-c3ccc(F)c(F)c3)no2)cc(OC)c1OC. The minimum absolute atomic E-state index is 0.0264. The molecular weight excluding hydrogens is 374 g/mol. The van der Waals surface area contributed by atoms with E-state index in [1.807, 2.05) is 0 Å². The molecule has 3 aromatic rings. The van der Waals surface area contributed by atoms with Gasteiger partial charge in [0.25, 0.3) is 5.91 Å². The van der Waals surface area contributed by atoms with E-state index in [1.54, 1.807) is 0 Å². The number of ether oxygens (including phenoxy) is 3. The molecule has 1 aromatic heterocycles. The molecule has 3 rings (SSSR count). The largest absolute Gasteiger partial charge is 0.493 e. The Morgan fingerprint density at radius 1 is 0.964 bits per heavy atom. The normalized spacial score (nSPS) is 10.5. The van der Waals surface area contributed by atoms with Gasteiger partial charge in [0.15, 0.2) is 23.1 Å². The molecule has 0 bridgehead atoms. The molecule has 0 aliphatic carbocycles. The van der Waals surface area contributed by atoms with Crippen molar-refractivity contribution in [2.75, 3.05) is 26.6 Å². The maximum absolute atomic E-state index is 13.4. The molecule has 0 atom stereocenters. The van der Waals surface area contributed by atoms with Gasteiger partial charge in [0.1, 0.15) is 5.69 Å². The Kier molecular flexibility index (Phi) is 5.44. The Hall–Kier alpha value is -3.62. The van der Waals surface area contributed by atoms with Crippen LogP contribution in [0.15, 0.2) is 40.9 Å². The Morgan fingerprint density at radius 3 is 2.21 bits per heavy atom. The number of amides is 1. The molecule has 2 aromatic carbocycles. The van der Waals surface area contributed by atoms with Crippen LogP contribution in [0.1, 0.15) is 10.4 Å². The van der Waals surface area contributed by atoms with Crippen molar-refractivity contribution >= 4 is 11.8 Å². The molecule has 9 heteroatoms. The van der Waals surface area contributed by atoms with Gasteiger partial charge in [0.2, 0.25) is 11.6 Å². The maximum atomic E-state index is 13.4. The van der Waals surface area contributed by atoms with E-state index < -0.39 is 17.5 Å². The number of nitrogens with zero attached hydrogens (tertiary/aromatic N) is 1. The predicted octanol–water partition coefficient (Wildman–Crippen LogP) is 3.90. The Morgan fingerprint density at radius 2 is 1.64 bits per heavy atom. The molecule has 0 saturated carbocycles. The number of halogens is 2. The fourth-order valence-corrected chi connectivity index (χ4v) is 2.52. The van der Waals surface area contributed by atoms with Crippen LogP contribution in [-0.4, -0.2) is 32.4 Å². The van der Waals surface area contributed by atoms with E-state index in [0.717, 1.165) is 12.1 Å². The summed E-state index contributed by atoms with van der Waals surface area (Å²) in [6.07, 6.45) is 0. The highest BCUT2D eigenvalue weighted by atomic mass is 19.2. The van der Waals surface area contributed by atoms with E-state index in [4.69, 9.17) is 18.7 Å². The van der Waals surface area contributed by atoms with Gasteiger partial charge in [-0.1, -0.05) is 5.16 Å². The van der Waals surface area contributed by atoms with Crippen LogP contribution in [0.2, 0.25) is 0 Å². The fourth-order valence-electron chi connectivity index (χ4n) is 2.52. The molecule has 0 unspecified atom stereocenters. The molecule has 1 amide bonds. The first-order chi connectivity index (χ1) is 13.5. The van der Waals surface area contributed by atoms with Crippen LogP contribution in [0, 0.1) is 11.6 Å². The van der Waals surface area contributed by atoms with Crippen LogP contribution < -0.4 is 19.5 Å². The van der Waals surface area contributed by atoms with Crippen molar-refractivity contribution in [3.8, 4) is 28.5 Å². The summed E-state index contributed by atoms with van der Waals surface area (Å²) in [7, 11) is 4.32. The van der Waals surface area contributed by atoms with Crippen LogP contribution in [0.3, 0.4) is 0 Å². The van der Waals surface area contributed by atoms with Crippen LogP contribution in [0.25, 0.3) is 11.3 Å². The first kappa shape index (κ1) is 19.2. The molecule has 146 valence electrons. The number of hydrogen-bond acceptors (Lipinski definition) is 6. The lowest BCUT2D eigenvalue weighted by atomic mass is 10.1. The third-order valence-electron chi connectivity index (χ3n) is 3.89. The highest BCUT2D eigenvalue weighted by Gasteiger charge is 2.18. The number of nitrogens with one attached hydrogen (secondary N) is 1. The molecular formula is C19H16F2N2O5. The van der Waals surface area contributed by atoms with Crippen molar-refractivity contribution in [2.24, 2.45) is 0 Å². The molecule has 1 N–H and O–H groups in total. The Bertz CT molecular complexity index is 994. The smallest absolute Gasteiger partial charge is 0.258 e. The van der Waals surface area contributed by atoms with Gasteiger partial charge in [-0.05, 0) is 30.3 Å². The Balaban J connectivity index is 1.84. The predicted molar refractivity (Wildman–Crippen MR) is 95.9 cm³/mol. The van der Waals surface area contributed by atoms with Gasteiger partial charge in [-0.3, -0.25) is 10.1 Å².